The van der Waals surface area contributed by atoms with Crippen molar-refractivity contribution >= 4 is 11.6 Å². The third-order valence-electron chi connectivity index (χ3n) is 3.35. The number of aromatic nitrogens is 4. The molecule has 0 spiro atoms. The van der Waals surface area contributed by atoms with Crippen molar-refractivity contribution in [2.24, 2.45) is 0 Å². The van der Waals surface area contributed by atoms with Crippen molar-refractivity contribution in [2.75, 3.05) is 12.4 Å². The molecule has 0 atom stereocenters. The number of methoxy groups -OCH3 is 1. The monoisotopic (exact) mass is 327 g/mol. The summed E-state index contributed by atoms with van der Waals surface area (Å²) in [7, 11) is 1.54. The van der Waals surface area contributed by atoms with E-state index in [2.05, 4.69) is 20.6 Å². The lowest BCUT2D eigenvalue weighted by Crippen LogP contribution is -2.19. The lowest BCUT2D eigenvalue weighted by molar-refractivity contribution is -0.116. The van der Waals surface area contributed by atoms with Crippen molar-refractivity contribution < 1.29 is 13.9 Å². The first-order valence-electron chi connectivity index (χ1n) is 7.47. The second-order valence-corrected chi connectivity index (χ2v) is 5.02. The summed E-state index contributed by atoms with van der Waals surface area (Å²) in [5.41, 5.74) is 1.24. The van der Waals surface area contributed by atoms with Gasteiger partial charge in [-0.15, -0.1) is 10.2 Å². The summed E-state index contributed by atoms with van der Waals surface area (Å²) in [5.74, 6) is 1.29. The summed E-state index contributed by atoms with van der Waals surface area (Å²) >= 11 is 0. The predicted octanol–water partition coefficient (Wildman–Crippen LogP) is 2.14. The van der Waals surface area contributed by atoms with Crippen LogP contribution in [0.2, 0.25) is 0 Å². The molecule has 0 aliphatic rings. The Morgan fingerprint density at radius 1 is 1.38 bits per heavy atom. The molecule has 1 N–H and O–H groups in total. The van der Waals surface area contributed by atoms with Gasteiger partial charge in [0, 0.05) is 24.4 Å². The molecule has 0 aliphatic carbocycles. The van der Waals surface area contributed by atoms with Crippen LogP contribution in [0, 0.1) is 0 Å². The standard InChI is InChI=1S/C16H17N5O3/c1-3-15-19-20-16(24-15)11-5-6-13(23-2)12(9-11)18-14(22)10-21-8-4-7-17-21/h4-9H,3,10H2,1-2H3,(H,18,22). The zero-order chi connectivity index (χ0) is 16.9. The van der Waals surface area contributed by atoms with Crippen LogP contribution >= 0.6 is 0 Å². The molecule has 1 aromatic carbocycles. The molecule has 8 heteroatoms. The Kier molecular flexibility index (Phi) is 4.55. The van der Waals surface area contributed by atoms with Crippen LogP contribution in [0.25, 0.3) is 11.5 Å². The molecule has 0 bridgehead atoms. The van der Waals surface area contributed by atoms with Gasteiger partial charge in [-0.3, -0.25) is 9.48 Å². The minimum Gasteiger partial charge on any atom is -0.495 e. The number of benzene rings is 1. The number of rotatable bonds is 6. The number of amides is 1. The molecule has 0 fully saturated rings. The molecule has 2 heterocycles. The molecule has 2 aromatic heterocycles. The van der Waals surface area contributed by atoms with Crippen LogP contribution in [-0.4, -0.2) is 33.0 Å². The van der Waals surface area contributed by atoms with Crippen molar-refractivity contribution in [3.05, 3.63) is 42.5 Å². The summed E-state index contributed by atoms with van der Waals surface area (Å²) in [6.07, 6.45) is 4.00. The summed E-state index contributed by atoms with van der Waals surface area (Å²) in [5, 5.41) is 14.8. The molecule has 8 nitrogen and oxygen atoms in total. The molecule has 0 aliphatic heterocycles. The minimum absolute atomic E-state index is 0.112. The van der Waals surface area contributed by atoms with Gasteiger partial charge >= 0.3 is 0 Å². The Hall–Kier alpha value is -3.16. The Morgan fingerprint density at radius 2 is 2.25 bits per heavy atom. The number of nitrogens with zero attached hydrogens (tertiary/aromatic N) is 4. The first kappa shape index (κ1) is 15.7. The van der Waals surface area contributed by atoms with Crippen LogP contribution in [0.15, 0.2) is 41.1 Å². The largest absolute Gasteiger partial charge is 0.495 e. The molecule has 0 unspecified atom stereocenters. The molecule has 24 heavy (non-hydrogen) atoms. The minimum atomic E-state index is -0.214. The van der Waals surface area contributed by atoms with Crippen LogP contribution in [0.4, 0.5) is 5.69 Å². The SMILES string of the molecule is CCc1nnc(-c2ccc(OC)c(NC(=O)Cn3cccn3)c2)o1. The van der Waals surface area contributed by atoms with E-state index < -0.39 is 0 Å². The first-order chi connectivity index (χ1) is 11.7. The average Bonchev–Trinajstić information content (AvgIpc) is 3.26. The average molecular weight is 327 g/mol. The van der Waals surface area contributed by atoms with E-state index in [0.717, 1.165) is 0 Å². The fraction of sp³-hybridized carbons (Fsp3) is 0.250. The number of carbonyl (C=O) groups excluding carboxylic acids is 1. The summed E-state index contributed by atoms with van der Waals surface area (Å²) < 4.78 is 12.4. The van der Waals surface area contributed by atoms with E-state index in [1.807, 2.05) is 6.92 Å². The summed E-state index contributed by atoms with van der Waals surface area (Å²) in [4.78, 5) is 12.2. The van der Waals surface area contributed by atoms with Crippen LogP contribution in [-0.2, 0) is 17.8 Å². The smallest absolute Gasteiger partial charge is 0.247 e. The van der Waals surface area contributed by atoms with Crippen molar-refractivity contribution in [3.8, 4) is 17.2 Å². The predicted molar refractivity (Wildman–Crippen MR) is 86.5 cm³/mol. The fourth-order valence-corrected chi connectivity index (χ4v) is 2.18. The van der Waals surface area contributed by atoms with Gasteiger partial charge in [0.15, 0.2) is 0 Å². The lowest BCUT2D eigenvalue weighted by atomic mass is 10.2. The number of nitrogens with one attached hydrogen (secondary N) is 1. The van der Waals surface area contributed by atoms with Gasteiger partial charge in [-0.1, -0.05) is 6.92 Å². The molecule has 124 valence electrons. The maximum Gasteiger partial charge on any atom is 0.247 e. The van der Waals surface area contributed by atoms with Crippen LogP contribution in [0.3, 0.4) is 0 Å². The summed E-state index contributed by atoms with van der Waals surface area (Å²) in [6, 6.07) is 7.05. The molecule has 0 saturated heterocycles. The van der Waals surface area contributed by atoms with E-state index in [1.54, 1.807) is 43.8 Å². The van der Waals surface area contributed by atoms with E-state index in [4.69, 9.17) is 9.15 Å². The zero-order valence-electron chi connectivity index (χ0n) is 13.4. The van der Waals surface area contributed by atoms with Gasteiger partial charge < -0.3 is 14.5 Å². The molecular weight excluding hydrogens is 310 g/mol. The van der Waals surface area contributed by atoms with Gasteiger partial charge in [0.25, 0.3) is 0 Å². The van der Waals surface area contributed by atoms with Crippen LogP contribution in [0.5, 0.6) is 5.75 Å². The van der Waals surface area contributed by atoms with E-state index in [1.165, 1.54) is 4.68 Å². The molecule has 3 rings (SSSR count). The highest BCUT2D eigenvalue weighted by Crippen LogP contribution is 2.30. The molecular formula is C16H17N5O3. The number of carbonyl (C=O) groups is 1. The second-order valence-electron chi connectivity index (χ2n) is 5.02. The van der Waals surface area contributed by atoms with Gasteiger partial charge in [0.2, 0.25) is 17.7 Å². The van der Waals surface area contributed by atoms with Crippen molar-refractivity contribution in [2.45, 2.75) is 19.9 Å². The second kappa shape index (κ2) is 6.95. The van der Waals surface area contributed by atoms with Gasteiger partial charge in [-0.2, -0.15) is 5.10 Å². The Balaban J connectivity index is 1.82. The van der Waals surface area contributed by atoms with Gasteiger partial charge in [-0.25, -0.2) is 0 Å². The molecule has 0 radical (unpaired) electrons. The quantitative estimate of drug-likeness (QED) is 0.745. The maximum absolute atomic E-state index is 12.2. The van der Waals surface area contributed by atoms with Gasteiger partial charge in [0.05, 0.1) is 12.8 Å². The van der Waals surface area contributed by atoms with Crippen molar-refractivity contribution in [1.82, 2.24) is 20.0 Å². The van der Waals surface area contributed by atoms with E-state index >= 15 is 0 Å². The molecule has 0 saturated carbocycles. The Morgan fingerprint density at radius 3 is 2.92 bits per heavy atom. The normalized spacial score (nSPS) is 10.6. The van der Waals surface area contributed by atoms with E-state index in [-0.39, 0.29) is 12.5 Å². The highest BCUT2D eigenvalue weighted by atomic mass is 16.5. The van der Waals surface area contributed by atoms with E-state index in [0.29, 0.717) is 35.2 Å². The van der Waals surface area contributed by atoms with Gasteiger partial charge in [0.1, 0.15) is 12.3 Å². The van der Waals surface area contributed by atoms with Crippen molar-refractivity contribution in [3.63, 3.8) is 0 Å². The van der Waals surface area contributed by atoms with Crippen LogP contribution in [0.1, 0.15) is 12.8 Å². The van der Waals surface area contributed by atoms with Crippen molar-refractivity contribution in [1.29, 1.82) is 0 Å². The fourth-order valence-electron chi connectivity index (χ4n) is 2.18. The third kappa shape index (κ3) is 3.43. The lowest BCUT2D eigenvalue weighted by Gasteiger charge is -2.11. The Labute approximate surface area is 138 Å². The first-order valence-corrected chi connectivity index (χ1v) is 7.47. The van der Waals surface area contributed by atoms with E-state index in [9.17, 15) is 4.79 Å². The van der Waals surface area contributed by atoms with Gasteiger partial charge in [-0.05, 0) is 24.3 Å². The number of ether oxygens (including phenoxy) is 1. The Bertz CT molecular complexity index is 826. The number of anilines is 1. The number of aryl methyl sites for hydroxylation is 1. The summed E-state index contributed by atoms with van der Waals surface area (Å²) in [6.45, 7) is 2.05. The highest BCUT2D eigenvalue weighted by Gasteiger charge is 2.13. The van der Waals surface area contributed by atoms with Crippen LogP contribution < -0.4 is 10.1 Å². The maximum atomic E-state index is 12.2. The molecule has 1 amide bonds. The zero-order valence-corrected chi connectivity index (χ0v) is 13.4. The topological polar surface area (TPSA) is 95.1 Å². The third-order valence-corrected chi connectivity index (χ3v) is 3.35. The highest BCUT2D eigenvalue weighted by molar-refractivity contribution is 5.92. The number of hydrogen-bond acceptors (Lipinski definition) is 6. The number of hydrogen-bond donors (Lipinski definition) is 1. The molecule has 3 aromatic rings.